The summed E-state index contributed by atoms with van der Waals surface area (Å²) in [6, 6.07) is 22.8. The Hall–Kier alpha value is -4.12. The van der Waals surface area contributed by atoms with Crippen molar-refractivity contribution in [2.45, 2.75) is 52.4 Å². The number of nitrogens with zero attached hydrogens (tertiary/aromatic N) is 1. The van der Waals surface area contributed by atoms with Gasteiger partial charge in [-0.15, -0.1) is 0 Å². The zero-order valence-electron chi connectivity index (χ0n) is 22.1. The molecule has 0 atom stereocenters. The van der Waals surface area contributed by atoms with Crippen LogP contribution in [0.15, 0.2) is 77.2 Å². The van der Waals surface area contributed by atoms with Gasteiger partial charge >= 0.3 is 0 Å². The molecule has 5 aromatic rings. The fourth-order valence-electron chi connectivity index (χ4n) is 4.70. The molecule has 3 aromatic carbocycles. The first-order valence-corrected chi connectivity index (χ1v) is 12.5. The van der Waals surface area contributed by atoms with Crippen LogP contribution in [0, 0.1) is 0 Å². The van der Waals surface area contributed by atoms with Crippen LogP contribution in [0.4, 0.5) is 5.69 Å². The van der Waals surface area contributed by atoms with Gasteiger partial charge in [0.25, 0.3) is 5.91 Å². The molecular weight excluding hydrogens is 460 g/mol. The van der Waals surface area contributed by atoms with Gasteiger partial charge in [0, 0.05) is 22.5 Å². The number of aromatic hydroxyl groups is 1. The van der Waals surface area contributed by atoms with Crippen molar-refractivity contribution >= 4 is 33.5 Å². The minimum absolute atomic E-state index is 0.165. The molecule has 2 heterocycles. The minimum Gasteiger partial charge on any atom is -0.508 e. The minimum atomic E-state index is -0.274. The van der Waals surface area contributed by atoms with Crippen molar-refractivity contribution in [3.63, 3.8) is 0 Å². The predicted octanol–water partition coefficient (Wildman–Crippen LogP) is 8.20. The fraction of sp³-hybridized carbons (Fsp3) is 0.250. The van der Waals surface area contributed by atoms with Crippen LogP contribution in [0.2, 0.25) is 0 Å². The van der Waals surface area contributed by atoms with Gasteiger partial charge in [0.05, 0.1) is 11.1 Å². The molecule has 0 radical (unpaired) electrons. The third kappa shape index (κ3) is 4.69. The van der Waals surface area contributed by atoms with Crippen molar-refractivity contribution in [1.29, 1.82) is 0 Å². The fourth-order valence-corrected chi connectivity index (χ4v) is 4.70. The first-order chi connectivity index (χ1) is 17.4. The van der Waals surface area contributed by atoms with E-state index >= 15 is 0 Å². The Bertz CT molecular complexity index is 1620. The highest BCUT2D eigenvalue weighted by molar-refractivity contribution is 6.13. The number of hydrogen-bond donors (Lipinski definition) is 2. The van der Waals surface area contributed by atoms with Gasteiger partial charge in [0.1, 0.15) is 17.0 Å². The van der Waals surface area contributed by atoms with Gasteiger partial charge in [0.2, 0.25) is 0 Å². The van der Waals surface area contributed by atoms with E-state index in [4.69, 9.17) is 9.40 Å². The van der Waals surface area contributed by atoms with Gasteiger partial charge in [-0.1, -0.05) is 77.9 Å². The lowest BCUT2D eigenvalue weighted by molar-refractivity contribution is 0.102. The second-order valence-electron chi connectivity index (χ2n) is 11.6. The van der Waals surface area contributed by atoms with Crippen LogP contribution >= 0.6 is 0 Å². The lowest BCUT2D eigenvalue weighted by Crippen LogP contribution is -2.21. The highest BCUT2D eigenvalue weighted by atomic mass is 16.3. The number of hydrogen-bond acceptors (Lipinski definition) is 4. The molecule has 188 valence electrons. The molecule has 2 aromatic heterocycles. The zero-order valence-corrected chi connectivity index (χ0v) is 22.1. The van der Waals surface area contributed by atoms with E-state index in [1.165, 1.54) is 0 Å². The first kappa shape index (κ1) is 24.6. The molecule has 2 N–H and O–H groups in total. The van der Waals surface area contributed by atoms with Gasteiger partial charge in [-0.05, 0) is 52.3 Å². The Morgan fingerprint density at radius 1 is 0.838 bits per heavy atom. The number of phenols is 1. The van der Waals surface area contributed by atoms with Crippen LogP contribution < -0.4 is 5.32 Å². The molecule has 0 saturated carbocycles. The summed E-state index contributed by atoms with van der Waals surface area (Å²) in [5.74, 6) is 0.492. The monoisotopic (exact) mass is 492 g/mol. The van der Waals surface area contributed by atoms with Gasteiger partial charge in [-0.25, -0.2) is 4.98 Å². The third-order valence-electron chi connectivity index (χ3n) is 6.64. The summed E-state index contributed by atoms with van der Waals surface area (Å²) in [6.07, 6.45) is 0. The number of fused-ring (bicyclic) bond motifs is 2. The van der Waals surface area contributed by atoms with E-state index in [2.05, 4.69) is 46.9 Å². The summed E-state index contributed by atoms with van der Waals surface area (Å²) in [7, 11) is 0. The number of pyridine rings is 1. The molecule has 0 aliphatic heterocycles. The molecular formula is C32H32N2O3. The number of carbonyl (C=O) groups is 1. The predicted molar refractivity (Wildman–Crippen MR) is 150 cm³/mol. The summed E-state index contributed by atoms with van der Waals surface area (Å²) in [5.41, 5.74) is 4.44. The van der Waals surface area contributed by atoms with Crippen molar-refractivity contribution in [3.05, 3.63) is 89.5 Å². The van der Waals surface area contributed by atoms with Crippen molar-refractivity contribution in [1.82, 2.24) is 4.98 Å². The van der Waals surface area contributed by atoms with Crippen molar-refractivity contribution < 1.29 is 14.3 Å². The Labute approximate surface area is 217 Å². The molecule has 0 fully saturated rings. The molecule has 0 spiro atoms. The molecule has 5 heteroatoms. The van der Waals surface area contributed by atoms with E-state index in [0.717, 1.165) is 27.5 Å². The van der Waals surface area contributed by atoms with Crippen LogP contribution in [0.25, 0.3) is 33.3 Å². The Morgan fingerprint density at radius 3 is 2.22 bits per heavy atom. The average Bonchev–Trinajstić information content (AvgIpc) is 3.26. The van der Waals surface area contributed by atoms with E-state index in [0.29, 0.717) is 28.2 Å². The second-order valence-corrected chi connectivity index (χ2v) is 11.6. The molecule has 1 amide bonds. The van der Waals surface area contributed by atoms with E-state index < -0.39 is 0 Å². The van der Waals surface area contributed by atoms with E-state index in [1.54, 1.807) is 12.1 Å². The highest BCUT2D eigenvalue weighted by Gasteiger charge is 2.27. The van der Waals surface area contributed by atoms with Crippen LogP contribution in [-0.4, -0.2) is 16.0 Å². The number of nitrogens with one attached hydrogen (secondary N) is 1. The largest absolute Gasteiger partial charge is 0.508 e. The molecule has 5 nitrogen and oxygen atoms in total. The number of amides is 1. The lowest BCUT2D eigenvalue weighted by atomic mass is 9.79. The van der Waals surface area contributed by atoms with Gasteiger partial charge in [0.15, 0.2) is 5.76 Å². The summed E-state index contributed by atoms with van der Waals surface area (Å²) in [4.78, 5) is 18.6. The van der Waals surface area contributed by atoms with E-state index in [9.17, 15) is 9.90 Å². The quantitative estimate of drug-likeness (QED) is 0.266. The zero-order chi connectivity index (χ0) is 26.5. The summed E-state index contributed by atoms with van der Waals surface area (Å²) >= 11 is 0. The summed E-state index contributed by atoms with van der Waals surface area (Å²) in [6.45, 7) is 12.5. The maximum atomic E-state index is 13.8. The maximum absolute atomic E-state index is 13.8. The molecule has 0 aliphatic carbocycles. The average molecular weight is 493 g/mol. The lowest BCUT2D eigenvalue weighted by Gasteiger charge is -2.28. The Balaban J connectivity index is 1.62. The number of carbonyl (C=O) groups excluding carboxylic acids is 1. The number of rotatable bonds is 3. The molecule has 0 saturated heterocycles. The van der Waals surface area contributed by atoms with Gasteiger partial charge in [-0.3, -0.25) is 4.79 Å². The Morgan fingerprint density at radius 2 is 1.51 bits per heavy atom. The van der Waals surface area contributed by atoms with E-state index in [-0.39, 0.29) is 22.5 Å². The molecule has 0 bridgehead atoms. The van der Waals surface area contributed by atoms with Crippen LogP contribution in [-0.2, 0) is 10.8 Å². The van der Waals surface area contributed by atoms with Gasteiger partial charge < -0.3 is 14.8 Å². The topological polar surface area (TPSA) is 75.4 Å². The second kappa shape index (κ2) is 8.77. The number of aromatic nitrogens is 1. The van der Waals surface area contributed by atoms with Gasteiger partial charge in [-0.2, -0.15) is 0 Å². The van der Waals surface area contributed by atoms with Crippen molar-refractivity contribution in [2.24, 2.45) is 0 Å². The summed E-state index contributed by atoms with van der Waals surface area (Å²) < 4.78 is 6.05. The molecule has 37 heavy (non-hydrogen) atoms. The van der Waals surface area contributed by atoms with Crippen molar-refractivity contribution in [2.75, 3.05) is 5.32 Å². The maximum Gasteiger partial charge on any atom is 0.256 e. The third-order valence-corrected chi connectivity index (χ3v) is 6.64. The smallest absolute Gasteiger partial charge is 0.256 e. The van der Waals surface area contributed by atoms with Crippen molar-refractivity contribution in [3.8, 4) is 17.2 Å². The van der Waals surface area contributed by atoms with E-state index in [1.807, 2.05) is 60.7 Å². The van der Waals surface area contributed by atoms with Crippen LogP contribution in [0.5, 0.6) is 5.75 Å². The molecule has 5 rings (SSSR count). The number of furan rings is 1. The molecule has 0 aliphatic rings. The Kier molecular flexibility index (Phi) is 5.82. The summed E-state index contributed by atoms with van der Waals surface area (Å²) in [5, 5.41) is 15.7. The SMILES string of the molecule is CC(C)(C)c1cc(C(C)(C)C)c(NC(=O)c2cc(-c3cc4ccccc4o3)nc3ccccc23)cc1O. The standard InChI is InChI=1S/C32H32N2O3/c1-31(2,3)22-17-23(32(4,5)6)27(35)18-25(22)34-30(36)21-16-26(33-24-13-9-8-12-20(21)24)29-15-19-11-7-10-14-28(19)37-29/h7-18,35H,1-6H3,(H,34,36). The highest BCUT2D eigenvalue weighted by Crippen LogP contribution is 2.40. The number of para-hydroxylation sites is 2. The van der Waals surface area contributed by atoms with Crippen LogP contribution in [0.3, 0.4) is 0 Å². The number of benzene rings is 3. The molecule has 0 unspecified atom stereocenters. The normalized spacial score (nSPS) is 12.3. The first-order valence-electron chi connectivity index (χ1n) is 12.5. The number of anilines is 1. The van der Waals surface area contributed by atoms with Crippen LogP contribution in [0.1, 0.15) is 63.0 Å². The number of phenolic OH excluding ortho intramolecular Hbond substituents is 1.